The van der Waals surface area contributed by atoms with Gasteiger partial charge in [-0.3, -0.25) is 4.79 Å². The molecule has 2 saturated carbocycles. The zero-order valence-corrected chi connectivity index (χ0v) is 10.7. The van der Waals surface area contributed by atoms with Crippen LogP contribution in [0.15, 0.2) is 0 Å². The molecule has 0 heterocycles. The molecular formula is C14H24O2. The van der Waals surface area contributed by atoms with Crippen molar-refractivity contribution in [3.05, 3.63) is 0 Å². The Labute approximate surface area is 98.7 Å². The van der Waals surface area contributed by atoms with Crippen molar-refractivity contribution in [2.45, 2.75) is 59.0 Å². The van der Waals surface area contributed by atoms with Crippen molar-refractivity contribution in [3.8, 4) is 0 Å². The lowest BCUT2D eigenvalue weighted by molar-refractivity contribution is -0.157. The first-order valence-electron chi connectivity index (χ1n) is 6.78. The van der Waals surface area contributed by atoms with E-state index in [-0.39, 0.29) is 18.0 Å². The molecule has 0 aliphatic heterocycles. The first-order chi connectivity index (χ1) is 7.58. The van der Waals surface area contributed by atoms with Crippen LogP contribution in [0.25, 0.3) is 0 Å². The molecule has 2 rings (SSSR count). The summed E-state index contributed by atoms with van der Waals surface area (Å²) < 4.78 is 5.72. The lowest BCUT2D eigenvalue weighted by atomic mass is 9.75. The standard InChI is InChI=1S/C14H24O2/c1-9(2)12-7-4-10(3)8-13(12)16-14(15)11-5-6-11/h9-13H,4-8H2,1-3H3/t10-,12+,13-/m1/s1. The van der Waals surface area contributed by atoms with Gasteiger partial charge in [-0.25, -0.2) is 0 Å². The van der Waals surface area contributed by atoms with Gasteiger partial charge in [-0.1, -0.05) is 27.2 Å². The second-order valence-corrected chi connectivity index (χ2v) is 6.08. The highest BCUT2D eigenvalue weighted by Crippen LogP contribution is 2.37. The van der Waals surface area contributed by atoms with Crippen LogP contribution >= 0.6 is 0 Å². The zero-order chi connectivity index (χ0) is 11.7. The van der Waals surface area contributed by atoms with Crippen molar-refractivity contribution in [2.24, 2.45) is 23.7 Å². The summed E-state index contributed by atoms with van der Waals surface area (Å²) in [6, 6.07) is 0. The van der Waals surface area contributed by atoms with Crippen molar-refractivity contribution >= 4 is 5.97 Å². The van der Waals surface area contributed by atoms with Crippen LogP contribution in [0.4, 0.5) is 0 Å². The maximum Gasteiger partial charge on any atom is 0.309 e. The minimum Gasteiger partial charge on any atom is -0.462 e. The van der Waals surface area contributed by atoms with E-state index in [1.807, 2.05) is 0 Å². The van der Waals surface area contributed by atoms with E-state index in [0.717, 1.165) is 19.3 Å². The Bertz CT molecular complexity index is 255. The Hall–Kier alpha value is -0.530. The van der Waals surface area contributed by atoms with Gasteiger partial charge in [0.25, 0.3) is 0 Å². The SMILES string of the molecule is CC(C)[C@@H]1CC[C@@H](C)C[C@H]1OC(=O)C1CC1. The first-order valence-corrected chi connectivity index (χ1v) is 6.78. The average Bonchev–Trinajstić information content (AvgIpc) is 2.99. The van der Waals surface area contributed by atoms with E-state index in [1.165, 1.54) is 12.8 Å². The van der Waals surface area contributed by atoms with Gasteiger partial charge in [0, 0.05) is 0 Å². The molecule has 0 saturated heterocycles. The normalized spacial score (nSPS) is 35.1. The number of ether oxygens (including phenoxy) is 1. The van der Waals surface area contributed by atoms with Crippen molar-refractivity contribution in [1.29, 1.82) is 0 Å². The number of carbonyl (C=O) groups excluding carboxylic acids is 1. The molecule has 2 nitrogen and oxygen atoms in total. The molecule has 3 atom stereocenters. The first kappa shape index (κ1) is 11.9. The van der Waals surface area contributed by atoms with Crippen LogP contribution < -0.4 is 0 Å². The summed E-state index contributed by atoms with van der Waals surface area (Å²) in [5.74, 6) is 2.24. The third kappa shape index (κ3) is 2.78. The topological polar surface area (TPSA) is 26.3 Å². The molecule has 0 aromatic rings. The summed E-state index contributed by atoms with van der Waals surface area (Å²) >= 11 is 0. The number of esters is 1. The summed E-state index contributed by atoms with van der Waals surface area (Å²) in [4.78, 5) is 11.7. The molecular weight excluding hydrogens is 200 g/mol. The minimum atomic E-state index is 0.0738. The van der Waals surface area contributed by atoms with Gasteiger partial charge in [0.1, 0.15) is 6.10 Å². The molecule has 0 bridgehead atoms. The summed E-state index contributed by atoms with van der Waals surface area (Å²) in [6.45, 7) is 6.77. The molecule has 2 fully saturated rings. The van der Waals surface area contributed by atoms with Gasteiger partial charge < -0.3 is 4.74 Å². The second-order valence-electron chi connectivity index (χ2n) is 6.08. The number of carbonyl (C=O) groups is 1. The van der Waals surface area contributed by atoms with Gasteiger partial charge in [0.15, 0.2) is 0 Å². The Morgan fingerprint density at radius 3 is 2.44 bits per heavy atom. The molecule has 0 spiro atoms. The largest absolute Gasteiger partial charge is 0.462 e. The molecule has 0 aromatic heterocycles. The molecule has 0 unspecified atom stereocenters. The van der Waals surface area contributed by atoms with Gasteiger partial charge in [0.2, 0.25) is 0 Å². The van der Waals surface area contributed by atoms with E-state index in [1.54, 1.807) is 0 Å². The highest BCUT2D eigenvalue weighted by Gasteiger charge is 2.37. The Morgan fingerprint density at radius 2 is 1.88 bits per heavy atom. The maximum absolute atomic E-state index is 11.7. The van der Waals surface area contributed by atoms with Crippen molar-refractivity contribution < 1.29 is 9.53 Å². The summed E-state index contributed by atoms with van der Waals surface area (Å²) in [7, 11) is 0. The number of hydrogen-bond donors (Lipinski definition) is 0. The highest BCUT2D eigenvalue weighted by molar-refractivity contribution is 5.75. The molecule has 0 amide bonds. The zero-order valence-electron chi connectivity index (χ0n) is 10.7. The monoisotopic (exact) mass is 224 g/mol. The predicted molar refractivity (Wildman–Crippen MR) is 63.9 cm³/mol. The van der Waals surface area contributed by atoms with Gasteiger partial charge in [-0.2, -0.15) is 0 Å². The fourth-order valence-corrected chi connectivity index (χ4v) is 2.81. The van der Waals surface area contributed by atoms with Crippen LogP contribution in [0.1, 0.15) is 52.9 Å². The number of rotatable bonds is 3. The Morgan fingerprint density at radius 1 is 1.19 bits per heavy atom. The van der Waals surface area contributed by atoms with E-state index in [4.69, 9.17) is 4.74 Å². The van der Waals surface area contributed by atoms with Crippen LogP contribution in [0.2, 0.25) is 0 Å². The van der Waals surface area contributed by atoms with E-state index < -0.39 is 0 Å². The third-order valence-electron chi connectivity index (χ3n) is 4.14. The van der Waals surface area contributed by atoms with Gasteiger partial charge >= 0.3 is 5.97 Å². The lowest BCUT2D eigenvalue weighted by Crippen LogP contribution is -2.36. The van der Waals surface area contributed by atoms with Crippen LogP contribution in [0.5, 0.6) is 0 Å². The quantitative estimate of drug-likeness (QED) is 0.687. The van der Waals surface area contributed by atoms with Crippen molar-refractivity contribution in [3.63, 3.8) is 0 Å². The van der Waals surface area contributed by atoms with Crippen LogP contribution in [-0.2, 0) is 9.53 Å². The average molecular weight is 224 g/mol. The van der Waals surface area contributed by atoms with Crippen molar-refractivity contribution in [1.82, 2.24) is 0 Å². The summed E-state index contributed by atoms with van der Waals surface area (Å²) in [6.07, 6.45) is 5.88. The van der Waals surface area contributed by atoms with Crippen LogP contribution in [-0.4, -0.2) is 12.1 Å². The molecule has 2 heteroatoms. The van der Waals surface area contributed by atoms with Crippen LogP contribution in [0.3, 0.4) is 0 Å². The maximum atomic E-state index is 11.7. The fraction of sp³-hybridized carbons (Fsp3) is 0.929. The highest BCUT2D eigenvalue weighted by atomic mass is 16.5. The predicted octanol–water partition coefficient (Wildman–Crippen LogP) is 3.40. The lowest BCUT2D eigenvalue weighted by Gasteiger charge is -2.36. The second kappa shape index (κ2) is 4.77. The van der Waals surface area contributed by atoms with Gasteiger partial charge in [-0.05, 0) is 43.4 Å². The van der Waals surface area contributed by atoms with Gasteiger partial charge in [-0.15, -0.1) is 0 Å². The molecule has 2 aliphatic rings. The molecule has 16 heavy (non-hydrogen) atoms. The molecule has 0 aromatic carbocycles. The summed E-state index contributed by atoms with van der Waals surface area (Å²) in [5.41, 5.74) is 0. The number of hydrogen-bond acceptors (Lipinski definition) is 2. The van der Waals surface area contributed by atoms with E-state index >= 15 is 0 Å². The summed E-state index contributed by atoms with van der Waals surface area (Å²) in [5, 5.41) is 0. The van der Waals surface area contributed by atoms with E-state index in [2.05, 4.69) is 20.8 Å². The van der Waals surface area contributed by atoms with E-state index in [0.29, 0.717) is 17.8 Å². The van der Waals surface area contributed by atoms with Crippen LogP contribution in [0, 0.1) is 23.7 Å². The minimum absolute atomic E-state index is 0.0738. The molecule has 92 valence electrons. The molecule has 2 aliphatic carbocycles. The Balaban J connectivity index is 1.93. The molecule has 0 radical (unpaired) electrons. The smallest absolute Gasteiger partial charge is 0.309 e. The molecule has 0 N–H and O–H groups in total. The van der Waals surface area contributed by atoms with Crippen molar-refractivity contribution in [2.75, 3.05) is 0 Å². The Kier molecular flexibility index (Phi) is 3.56. The van der Waals surface area contributed by atoms with Gasteiger partial charge in [0.05, 0.1) is 5.92 Å². The fourth-order valence-electron chi connectivity index (χ4n) is 2.81. The third-order valence-corrected chi connectivity index (χ3v) is 4.14. The van der Waals surface area contributed by atoms with E-state index in [9.17, 15) is 4.79 Å².